The molecule has 6 nitrogen and oxygen atoms in total. The van der Waals surface area contributed by atoms with Gasteiger partial charge in [-0.25, -0.2) is 9.07 Å². The normalized spacial score (nSPS) is 10.4. The molecule has 0 unspecified atom stereocenters. The molecule has 0 atom stereocenters. The molecular weight excluding hydrogens is 285 g/mol. The highest BCUT2D eigenvalue weighted by Gasteiger charge is 2.06. The van der Waals surface area contributed by atoms with Crippen LogP contribution >= 0.6 is 0 Å². The fourth-order valence-corrected chi connectivity index (χ4v) is 1.93. The molecule has 0 radical (unpaired) electrons. The minimum atomic E-state index is -0.298. The number of carbonyl (C=O) groups is 1. The van der Waals surface area contributed by atoms with E-state index in [2.05, 4.69) is 20.8 Å². The number of halogens is 1. The second-order valence-electron chi connectivity index (χ2n) is 4.61. The van der Waals surface area contributed by atoms with Crippen LogP contribution in [0, 0.1) is 5.82 Å². The molecule has 2 aromatic carbocycles. The molecule has 110 valence electrons. The van der Waals surface area contributed by atoms with Crippen LogP contribution in [0.15, 0.2) is 54.9 Å². The van der Waals surface area contributed by atoms with Gasteiger partial charge >= 0.3 is 0 Å². The number of amides is 1. The van der Waals surface area contributed by atoms with E-state index in [9.17, 15) is 9.18 Å². The molecule has 0 aliphatic rings. The molecule has 0 spiro atoms. The number of rotatable bonds is 4. The number of nitrogens with zero attached hydrogens (tertiary/aromatic N) is 4. The number of carbonyl (C=O) groups excluding carboxylic acids is 1. The summed E-state index contributed by atoms with van der Waals surface area (Å²) in [6.07, 6.45) is 1.48. The van der Waals surface area contributed by atoms with Gasteiger partial charge in [0.2, 0.25) is 0 Å². The Balaban J connectivity index is 1.63. The zero-order valence-electron chi connectivity index (χ0n) is 11.5. The first kappa shape index (κ1) is 13.9. The number of tetrazole rings is 1. The Morgan fingerprint density at radius 3 is 2.45 bits per heavy atom. The average Bonchev–Trinajstić information content (AvgIpc) is 3.09. The van der Waals surface area contributed by atoms with Crippen molar-refractivity contribution in [1.29, 1.82) is 0 Å². The van der Waals surface area contributed by atoms with Crippen LogP contribution in [0.25, 0.3) is 5.69 Å². The number of hydrogen-bond acceptors (Lipinski definition) is 4. The summed E-state index contributed by atoms with van der Waals surface area (Å²) in [6.45, 7) is 0.341. The van der Waals surface area contributed by atoms with Crippen molar-refractivity contribution in [2.75, 3.05) is 0 Å². The van der Waals surface area contributed by atoms with E-state index in [1.54, 1.807) is 36.4 Å². The van der Waals surface area contributed by atoms with Crippen molar-refractivity contribution in [3.63, 3.8) is 0 Å². The predicted octanol–water partition coefficient (Wildman–Crippen LogP) is 1.73. The molecule has 0 saturated heterocycles. The molecule has 0 saturated carbocycles. The zero-order valence-corrected chi connectivity index (χ0v) is 11.5. The molecule has 0 aliphatic heterocycles. The van der Waals surface area contributed by atoms with Crippen molar-refractivity contribution >= 4 is 5.91 Å². The Morgan fingerprint density at radius 1 is 1.09 bits per heavy atom. The molecule has 1 N–H and O–H groups in total. The maximum Gasteiger partial charge on any atom is 0.251 e. The largest absolute Gasteiger partial charge is 0.348 e. The Bertz CT molecular complexity index is 754. The van der Waals surface area contributed by atoms with Crippen molar-refractivity contribution in [1.82, 2.24) is 25.5 Å². The maximum atomic E-state index is 12.8. The highest BCUT2D eigenvalue weighted by Crippen LogP contribution is 2.08. The van der Waals surface area contributed by atoms with E-state index >= 15 is 0 Å². The Morgan fingerprint density at radius 2 is 1.82 bits per heavy atom. The minimum absolute atomic E-state index is 0.201. The summed E-state index contributed by atoms with van der Waals surface area (Å²) in [7, 11) is 0. The molecule has 1 amide bonds. The van der Waals surface area contributed by atoms with Gasteiger partial charge in [0.15, 0.2) is 0 Å². The lowest BCUT2D eigenvalue weighted by molar-refractivity contribution is 0.0951. The van der Waals surface area contributed by atoms with E-state index in [0.29, 0.717) is 12.1 Å². The van der Waals surface area contributed by atoms with E-state index in [0.717, 1.165) is 11.3 Å². The lowest BCUT2D eigenvalue weighted by Gasteiger charge is -2.06. The third-order valence-corrected chi connectivity index (χ3v) is 3.11. The summed E-state index contributed by atoms with van der Waals surface area (Å²) in [5.74, 6) is -0.499. The summed E-state index contributed by atoms with van der Waals surface area (Å²) < 4.78 is 14.3. The smallest absolute Gasteiger partial charge is 0.251 e. The molecule has 3 aromatic rings. The molecular formula is C15H12FN5O. The van der Waals surface area contributed by atoms with Crippen molar-refractivity contribution in [3.8, 4) is 5.69 Å². The first-order valence-electron chi connectivity index (χ1n) is 6.58. The standard InChI is InChI=1S/C15H12FN5O/c16-13-5-1-11(2-6-13)9-17-15(22)12-3-7-14(8-4-12)21-10-18-19-20-21/h1-8,10H,9H2,(H,17,22). The van der Waals surface area contributed by atoms with Gasteiger partial charge in [-0.15, -0.1) is 5.10 Å². The Kier molecular flexibility index (Phi) is 3.86. The van der Waals surface area contributed by atoms with E-state index < -0.39 is 0 Å². The quantitative estimate of drug-likeness (QED) is 0.796. The first-order chi connectivity index (χ1) is 10.7. The van der Waals surface area contributed by atoms with Gasteiger partial charge in [0.05, 0.1) is 5.69 Å². The van der Waals surface area contributed by atoms with Gasteiger partial charge in [0.1, 0.15) is 12.1 Å². The van der Waals surface area contributed by atoms with Crippen LogP contribution in [-0.2, 0) is 6.54 Å². The van der Waals surface area contributed by atoms with Gasteiger partial charge in [-0.3, -0.25) is 4.79 Å². The first-order valence-corrected chi connectivity index (χ1v) is 6.58. The van der Waals surface area contributed by atoms with Crippen LogP contribution in [-0.4, -0.2) is 26.1 Å². The van der Waals surface area contributed by atoms with Gasteiger partial charge in [0, 0.05) is 12.1 Å². The SMILES string of the molecule is O=C(NCc1ccc(F)cc1)c1ccc(-n2cnnn2)cc1. The average molecular weight is 297 g/mol. The van der Waals surface area contributed by atoms with Crippen LogP contribution in [0.4, 0.5) is 4.39 Å². The van der Waals surface area contributed by atoms with E-state index in [1.807, 2.05) is 0 Å². The molecule has 1 heterocycles. The van der Waals surface area contributed by atoms with Crippen molar-refractivity contribution in [2.45, 2.75) is 6.54 Å². The lowest BCUT2D eigenvalue weighted by atomic mass is 10.1. The maximum absolute atomic E-state index is 12.8. The zero-order chi connectivity index (χ0) is 15.4. The van der Waals surface area contributed by atoms with Crippen LogP contribution in [0.3, 0.4) is 0 Å². The molecule has 7 heteroatoms. The molecule has 0 aliphatic carbocycles. The number of aromatic nitrogens is 4. The Labute approximate surface area is 125 Å². The lowest BCUT2D eigenvalue weighted by Crippen LogP contribution is -2.22. The molecule has 1 aromatic heterocycles. The van der Waals surface area contributed by atoms with Gasteiger partial charge in [0.25, 0.3) is 5.91 Å². The number of hydrogen-bond donors (Lipinski definition) is 1. The second kappa shape index (κ2) is 6.13. The van der Waals surface area contributed by atoms with Gasteiger partial charge in [-0.05, 0) is 52.4 Å². The highest BCUT2D eigenvalue weighted by atomic mass is 19.1. The van der Waals surface area contributed by atoms with Crippen LogP contribution in [0.5, 0.6) is 0 Å². The fraction of sp³-hybridized carbons (Fsp3) is 0.0667. The Hall–Kier alpha value is -3.09. The van der Waals surface area contributed by atoms with Gasteiger partial charge in [-0.1, -0.05) is 12.1 Å². The van der Waals surface area contributed by atoms with E-state index in [4.69, 9.17) is 0 Å². The molecule has 0 fully saturated rings. The van der Waals surface area contributed by atoms with Crippen molar-refractivity contribution in [3.05, 3.63) is 71.8 Å². The predicted molar refractivity (Wildman–Crippen MR) is 76.7 cm³/mol. The second-order valence-corrected chi connectivity index (χ2v) is 4.61. The summed E-state index contributed by atoms with van der Waals surface area (Å²) in [5.41, 5.74) is 2.12. The third-order valence-electron chi connectivity index (χ3n) is 3.11. The summed E-state index contributed by atoms with van der Waals surface area (Å²) >= 11 is 0. The molecule has 22 heavy (non-hydrogen) atoms. The minimum Gasteiger partial charge on any atom is -0.348 e. The monoisotopic (exact) mass is 297 g/mol. The molecule has 3 rings (SSSR count). The fourth-order valence-electron chi connectivity index (χ4n) is 1.93. The summed E-state index contributed by atoms with van der Waals surface area (Å²) in [6, 6.07) is 12.9. The van der Waals surface area contributed by atoms with E-state index in [1.165, 1.54) is 23.1 Å². The molecule has 0 bridgehead atoms. The van der Waals surface area contributed by atoms with Gasteiger partial charge in [-0.2, -0.15) is 0 Å². The number of nitrogens with one attached hydrogen (secondary N) is 1. The van der Waals surface area contributed by atoms with Crippen molar-refractivity contribution < 1.29 is 9.18 Å². The summed E-state index contributed by atoms with van der Waals surface area (Å²) in [5, 5.41) is 13.7. The third kappa shape index (κ3) is 3.14. The topological polar surface area (TPSA) is 72.7 Å². The van der Waals surface area contributed by atoms with E-state index in [-0.39, 0.29) is 11.7 Å². The van der Waals surface area contributed by atoms with Crippen LogP contribution in [0.2, 0.25) is 0 Å². The number of benzene rings is 2. The highest BCUT2D eigenvalue weighted by molar-refractivity contribution is 5.94. The van der Waals surface area contributed by atoms with Crippen LogP contribution in [0.1, 0.15) is 15.9 Å². The summed E-state index contributed by atoms with van der Waals surface area (Å²) in [4.78, 5) is 12.1. The van der Waals surface area contributed by atoms with Gasteiger partial charge < -0.3 is 5.32 Å². The van der Waals surface area contributed by atoms with Crippen LogP contribution < -0.4 is 5.32 Å². The van der Waals surface area contributed by atoms with Crippen molar-refractivity contribution in [2.24, 2.45) is 0 Å².